The second-order valence-electron chi connectivity index (χ2n) is 7.00. The van der Waals surface area contributed by atoms with E-state index < -0.39 is 0 Å². The molecule has 0 unspecified atom stereocenters. The number of rotatable bonds is 7. The first kappa shape index (κ1) is 20.3. The SMILES string of the molecule is COc1ccccc1CCNC(=O)c1cnc(Nc2c(C)cc(C)cc2C)cn1. The average molecular weight is 390 g/mol. The molecule has 3 aromatic rings. The number of aromatic nitrogens is 2. The average Bonchev–Trinajstić information content (AvgIpc) is 2.71. The summed E-state index contributed by atoms with van der Waals surface area (Å²) in [6, 6.07) is 12.0. The number of amides is 1. The Labute approximate surface area is 171 Å². The number of carbonyl (C=O) groups is 1. The lowest BCUT2D eigenvalue weighted by Crippen LogP contribution is -2.26. The molecule has 0 fully saturated rings. The van der Waals surface area contributed by atoms with Crippen LogP contribution in [0.3, 0.4) is 0 Å². The molecule has 2 aromatic carbocycles. The second kappa shape index (κ2) is 9.19. The summed E-state index contributed by atoms with van der Waals surface area (Å²) in [5.41, 5.74) is 5.85. The number of carbonyl (C=O) groups excluding carboxylic acids is 1. The summed E-state index contributed by atoms with van der Waals surface area (Å²) in [6.45, 7) is 6.67. The van der Waals surface area contributed by atoms with E-state index in [1.165, 1.54) is 11.8 Å². The van der Waals surface area contributed by atoms with Crippen LogP contribution in [-0.2, 0) is 6.42 Å². The molecule has 0 atom stereocenters. The Morgan fingerprint density at radius 2 is 1.76 bits per heavy atom. The monoisotopic (exact) mass is 390 g/mol. The zero-order valence-corrected chi connectivity index (χ0v) is 17.2. The Bertz CT molecular complexity index is 977. The lowest BCUT2D eigenvalue weighted by atomic mass is 10.1. The third-order valence-corrected chi connectivity index (χ3v) is 4.69. The van der Waals surface area contributed by atoms with Crippen LogP contribution in [0.2, 0.25) is 0 Å². The van der Waals surface area contributed by atoms with Crippen molar-refractivity contribution in [3.05, 3.63) is 76.7 Å². The number of hydrogen-bond acceptors (Lipinski definition) is 5. The molecule has 6 nitrogen and oxygen atoms in total. The summed E-state index contributed by atoms with van der Waals surface area (Å²) in [4.78, 5) is 20.9. The van der Waals surface area contributed by atoms with Crippen molar-refractivity contribution >= 4 is 17.4 Å². The summed E-state index contributed by atoms with van der Waals surface area (Å²) in [5.74, 6) is 1.17. The molecule has 1 amide bonds. The highest BCUT2D eigenvalue weighted by atomic mass is 16.5. The van der Waals surface area contributed by atoms with Crippen molar-refractivity contribution in [1.29, 1.82) is 0 Å². The highest BCUT2D eigenvalue weighted by Crippen LogP contribution is 2.24. The zero-order chi connectivity index (χ0) is 20.8. The molecule has 0 aliphatic rings. The molecular formula is C23H26N4O2. The van der Waals surface area contributed by atoms with Crippen molar-refractivity contribution in [2.24, 2.45) is 0 Å². The zero-order valence-electron chi connectivity index (χ0n) is 17.2. The largest absolute Gasteiger partial charge is 0.496 e. The van der Waals surface area contributed by atoms with Gasteiger partial charge in [-0.05, 0) is 49.9 Å². The van der Waals surface area contributed by atoms with Gasteiger partial charge >= 0.3 is 0 Å². The van der Waals surface area contributed by atoms with E-state index in [9.17, 15) is 4.79 Å². The maximum absolute atomic E-state index is 12.3. The van der Waals surface area contributed by atoms with E-state index in [2.05, 4.69) is 53.5 Å². The molecule has 3 rings (SSSR count). The van der Waals surface area contributed by atoms with Gasteiger partial charge in [-0.1, -0.05) is 35.9 Å². The molecule has 29 heavy (non-hydrogen) atoms. The molecule has 0 aliphatic heterocycles. The third-order valence-electron chi connectivity index (χ3n) is 4.69. The third kappa shape index (κ3) is 5.10. The summed E-state index contributed by atoms with van der Waals surface area (Å²) >= 11 is 0. The number of hydrogen-bond donors (Lipinski definition) is 2. The maximum atomic E-state index is 12.3. The van der Waals surface area contributed by atoms with Crippen LogP contribution in [0.15, 0.2) is 48.8 Å². The van der Waals surface area contributed by atoms with Crippen molar-refractivity contribution in [2.75, 3.05) is 19.0 Å². The molecule has 6 heteroatoms. The first-order valence-corrected chi connectivity index (χ1v) is 9.55. The number of benzene rings is 2. The fourth-order valence-electron chi connectivity index (χ4n) is 3.33. The van der Waals surface area contributed by atoms with Crippen molar-refractivity contribution in [3.8, 4) is 5.75 Å². The van der Waals surface area contributed by atoms with Crippen molar-refractivity contribution in [3.63, 3.8) is 0 Å². The molecule has 0 saturated carbocycles. The Kier molecular flexibility index (Phi) is 6.44. The first-order chi connectivity index (χ1) is 14.0. The van der Waals surface area contributed by atoms with E-state index in [-0.39, 0.29) is 11.6 Å². The summed E-state index contributed by atoms with van der Waals surface area (Å²) in [7, 11) is 1.64. The highest BCUT2D eigenvalue weighted by Gasteiger charge is 2.10. The molecule has 150 valence electrons. The molecule has 0 spiro atoms. The Morgan fingerprint density at radius 1 is 1.03 bits per heavy atom. The van der Waals surface area contributed by atoms with Crippen LogP contribution < -0.4 is 15.4 Å². The van der Waals surface area contributed by atoms with Crippen LogP contribution in [0.1, 0.15) is 32.7 Å². The van der Waals surface area contributed by atoms with E-state index in [1.807, 2.05) is 24.3 Å². The summed E-state index contributed by atoms with van der Waals surface area (Å²) in [5, 5.41) is 6.17. The fourth-order valence-corrected chi connectivity index (χ4v) is 3.33. The van der Waals surface area contributed by atoms with Gasteiger partial charge in [-0.2, -0.15) is 0 Å². The van der Waals surface area contributed by atoms with Gasteiger partial charge in [0.1, 0.15) is 17.3 Å². The van der Waals surface area contributed by atoms with Crippen LogP contribution in [0.25, 0.3) is 0 Å². The molecule has 0 radical (unpaired) electrons. The van der Waals surface area contributed by atoms with Gasteiger partial charge in [0.05, 0.1) is 19.5 Å². The maximum Gasteiger partial charge on any atom is 0.271 e. The number of aryl methyl sites for hydroxylation is 3. The normalized spacial score (nSPS) is 10.5. The van der Waals surface area contributed by atoms with Gasteiger partial charge in [0.15, 0.2) is 0 Å². The molecule has 1 heterocycles. The molecule has 1 aromatic heterocycles. The number of para-hydroxylation sites is 1. The van der Waals surface area contributed by atoms with Crippen molar-refractivity contribution in [1.82, 2.24) is 15.3 Å². The number of methoxy groups -OCH3 is 1. The van der Waals surface area contributed by atoms with Gasteiger partial charge in [-0.15, -0.1) is 0 Å². The molecule has 0 aliphatic carbocycles. The van der Waals surface area contributed by atoms with Gasteiger partial charge in [-0.3, -0.25) is 4.79 Å². The standard InChI is InChI=1S/C23H26N4O2/c1-15-11-16(2)22(17(3)12-15)27-21-14-25-19(13-26-21)23(28)24-10-9-18-7-5-6-8-20(18)29-4/h5-8,11-14H,9-10H2,1-4H3,(H,24,28)(H,26,27). The second-order valence-corrected chi connectivity index (χ2v) is 7.00. The van der Waals surface area contributed by atoms with Crippen molar-refractivity contribution in [2.45, 2.75) is 27.2 Å². The van der Waals surface area contributed by atoms with E-state index in [0.29, 0.717) is 18.8 Å². The smallest absolute Gasteiger partial charge is 0.271 e. The number of anilines is 2. The summed E-state index contributed by atoms with van der Waals surface area (Å²) in [6.07, 6.45) is 3.74. The lowest BCUT2D eigenvalue weighted by molar-refractivity contribution is 0.0948. The minimum atomic E-state index is -0.248. The van der Waals surface area contributed by atoms with Gasteiger partial charge in [-0.25, -0.2) is 9.97 Å². The van der Waals surface area contributed by atoms with E-state index in [1.54, 1.807) is 13.3 Å². The van der Waals surface area contributed by atoms with Crippen LogP contribution in [0.5, 0.6) is 5.75 Å². The Morgan fingerprint density at radius 3 is 2.41 bits per heavy atom. The summed E-state index contributed by atoms with van der Waals surface area (Å²) < 4.78 is 5.33. The Balaban J connectivity index is 1.59. The van der Waals surface area contributed by atoms with Crippen LogP contribution in [-0.4, -0.2) is 29.5 Å². The lowest BCUT2D eigenvalue weighted by Gasteiger charge is -2.13. The minimum Gasteiger partial charge on any atom is -0.496 e. The number of ether oxygens (including phenoxy) is 1. The van der Waals surface area contributed by atoms with Crippen molar-refractivity contribution < 1.29 is 9.53 Å². The van der Waals surface area contributed by atoms with Gasteiger partial charge in [0, 0.05) is 12.2 Å². The first-order valence-electron chi connectivity index (χ1n) is 9.55. The molecular weight excluding hydrogens is 364 g/mol. The van der Waals surface area contributed by atoms with E-state index in [4.69, 9.17) is 4.74 Å². The van der Waals surface area contributed by atoms with E-state index in [0.717, 1.165) is 28.1 Å². The molecule has 2 N–H and O–H groups in total. The topological polar surface area (TPSA) is 76.1 Å². The highest BCUT2D eigenvalue weighted by molar-refractivity contribution is 5.92. The van der Waals surface area contributed by atoms with Gasteiger partial charge < -0.3 is 15.4 Å². The van der Waals surface area contributed by atoms with Crippen LogP contribution in [0, 0.1) is 20.8 Å². The Hall–Kier alpha value is -3.41. The predicted octanol–water partition coefficient (Wildman–Crippen LogP) is 4.13. The predicted molar refractivity (Wildman–Crippen MR) is 115 cm³/mol. The van der Waals surface area contributed by atoms with Crippen LogP contribution >= 0.6 is 0 Å². The molecule has 0 saturated heterocycles. The molecule has 0 bridgehead atoms. The minimum absolute atomic E-state index is 0.248. The van der Waals surface area contributed by atoms with Gasteiger partial charge in [0.25, 0.3) is 5.91 Å². The van der Waals surface area contributed by atoms with E-state index >= 15 is 0 Å². The number of nitrogens with one attached hydrogen (secondary N) is 2. The van der Waals surface area contributed by atoms with Crippen LogP contribution in [0.4, 0.5) is 11.5 Å². The number of nitrogens with zero attached hydrogens (tertiary/aromatic N) is 2. The van der Waals surface area contributed by atoms with Gasteiger partial charge in [0.2, 0.25) is 0 Å². The fraction of sp³-hybridized carbons (Fsp3) is 0.261. The quantitative estimate of drug-likeness (QED) is 0.634.